The van der Waals surface area contributed by atoms with Crippen LogP contribution >= 0.6 is 0 Å². The van der Waals surface area contributed by atoms with Crippen molar-refractivity contribution >= 4 is 23.0 Å². The summed E-state index contributed by atoms with van der Waals surface area (Å²) in [5.41, 5.74) is 6.46. The Balaban J connectivity index is 2.50. The summed E-state index contributed by atoms with van der Waals surface area (Å²) in [6.07, 6.45) is 0. The van der Waals surface area contributed by atoms with Crippen molar-refractivity contribution in [1.82, 2.24) is 0 Å². The van der Waals surface area contributed by atoms with Gasteiger partial charge in [-0.05, 0) is 37.3 Å². The highest BCUT2D eigenvalue weighted by Crippen LogP contribution is 2.32. The number of aromatic carboxylic acids is 1. The van der Waals surface area contributed by atoms with Crippen molar-refractivity contribution < 1.29 is 18.7 Å². The number of nitrogens with zero attached hydrogens (tertiary/aromatic N) is 1. The molecule has 110 valence electrons. The molecular formula is C15H14F2N2O2. The van der Waals surface area contributed by atoms with Crippen LogP contribution in [-0.2, 0) is 0 Å². The number of carbonyl (C=O) groups is 1. The third-order valence-electron chi connectivity index (χ3n) is 3.09. The largest absolute Gasteiger partial charge is 0.478 e. The van der Waals surface area contributed by atoms with Gasteiger partial charge >= 0.3 is 5.97 Å². The Hall–Kier alpha value is -2.63. The standard InChI is InChI=1S/C15H14F2N2O2/c1-2-19(10-5-3-9(16)4-6-10)14-8-12(17)11(15(20)21)7-13(14)18/h3-8H,2,18H2,1H3,(H,20,21). The van der Waals surface area contributed by atoms with E-state index >= 15 is 0 Å². The van der Waals surface area contributed by atoms with E-state index in [0.717, 1.165) is 12.1 Å². The summed E-state index contributed by atoms with van der Waals surface area (Å²) in [6, 6.07) is 7.82. The predicted molar refractivity (Wildman–Crippen MR) is 76.9 cm³/mol. The van der Waals surface area contributed by atoms with E-state index in [4.69, 9.17) is 10.8 Å². The summed E-state index contributed by atoms with van der Waals surface area (Å²) in [5.74, 6) is -2.63. The van der Waals surface area contributed by atoms with Crippen LogP contribution in [0, 0.1) is 11.6 Å². The average Bonchev–Trinajstić information content (AvgIpc) is 2.44. The second-order valence-electron chi connectivity index (χ2n) is 4.42. The van der Waals surface area contributed by atoms with E-state index < -0.39 is 17.3 Å². The fourth-order valence-corrected chi connectivity index (χ4v) is 2.09. The Morgan fingerprint density at radius 3 is 2.38 bits per heavy atom. The van der Waals surface area contributed by atoms with Crippen molar-refractivity contribution in [3.63, 3.8) is 0 Å². The maximum absolute atomic E-state index is 13.8. The second-order valence-corrected chi connectivity index (χ2v) is 4.42. The summed E-state index contributed by atoms with van der Waals surface area (Å²) in [5, 5.41) is 8.87. The van der Waals surface area contributed by atoms with Gasteiger partial charge in [0.05, 0.1) is 16.9 Å². The van der Waals surface area contributed by atoms with Crippen LogP contribution in [0.4, 0.5) is 25.8 Å². The quantitative estimate of drug-likeness (QED) is 0.848. The number of nitrogen functional groups attached to an aromatic ring is 1. The van der Waals surface area contributed by atoms with Gasteiger partial charge in [0, 0.05) is 18.3 Å². The minimum atomic E-state index is -1.38. The average molecular weight is 292 g/mol. The lowest BCUT2D eigenvalue weighted by molar-refractivity contribution is 0.0692. The van der Waals surface area contributed by atoms with Gasteiger partial charge in [0.25, 0.3) is 0 Å². The molecule has 0 aromatic heterocycles. The van der Waals surface area contributed by atoms with Gasteiger partial charge in [-0.1, -0.05) is 0 Å². The number of hydrogen-bond acceptors (Lipinski definition) is 3. The number of rotatable bonds is 4. The molecule has 0 fully saturated rings. The fourth-order valence-electron chi connectivity index (χ4n) is 2.09. The summed E-state index contributed by atoms with van der Waals surface area (Å²) >= 11 is 0. The first kappa shape index (κ1) is 14.8. The molecule has 21 heavy (non-hydrogen) atoms. The topological polar surface area (TPSA) is 66.6 Å². The summed E-state index contributed by atoms with van der Waals surface area (Å²) in [6.45, 7) is 2.29. The highest BCUT2D eigenvalue weighted by molar-refractivity contribution is 5.91. The van der Waals surface area contributed by atoms with Crippen LogP contribution in [-0.4, -0.2) is 17.6 Å². The van der Waals surface area contributed by atoms with Crippen LogP contribution < -0.4 is 10.6 Å². The van der Waals surface area contributed by atoms with E-state index in [9.17, 15) is 13.6 Å². The van der Waals surface area contributed by atoms with Gasteiger partial charge in [-0.25, -0.2) is 13.6 Å². The van der Waals surface area contributed by atoms with Gasteiger partial charge in [-0.15, -0.1) is 0 Å². The zero-order valence-corrected chi connectivity index (χ0v) is 11.3. The van der Waals surface area contributed by atoms with Crippen LogP contribution in [0.3, 0.4) is 0 Å². The summed E-state index contributed by atoms with van der Waals surface area (Å²) < 4.78 is 26.8. The molecular weight excluding hydrogens is 278 g/mol. The number of anilines is 3. The van der Waals surface area contributed by atoms with E-state index in [0.29, 0.717) is 17.9 Å². The molecule has 0 aliphatic carbocycles. The molecule has 6 heteroatoms. The number of hydrogen-bond donors (Lipinski definition) is 2. The summed E-state index contributed by atoms with van der Waals surface area (Å²) in [4.78, 5) is 12.6. The second kappa shape index (κ2) is 5.78. The van der Waals surface area contributed by atoms with E-state index in [2.05, 4.69) is 0 Å². The Kier molecular flexibility index (Phi) is 4.07. The van der Waals surface area contributed by atoms with Crippen LogP contribution in [0.5, 0.6) is 0 Å². The Morgan fingerprint density at radius 1 is 1.24 bits per heavy atom. The molecule has 0 aliphatic heterocycles. The van der Waals surface area contributed by atoms with Gasteiger partial charge in [0.15, 0.2) is 0 Å². The molecule has 0 radical (unpaired) electrons. The van der Waals surface area contributed by atoms with Gasteiger partial charge in [0.1, 0.15) is 11.6 Å². The monoisotopic (exact) mass is 292 g/mol. The first-order valence-corrected chi connectivity index (χ1v) is 6.29. The Bertz CT molecular complexity index is 672. The van der Waals surface area contributed by atoms with Gasteiger partial charge < -0.3 is 15.7 Å². The van der Waals surface area contributed by atoms with Crippen LogP contribution in [0.25, 0.3) is 0 Å². The number of halogens is 2. The minimum absolute atomic E-state index is 0.139. The molecule has 0 saturated heterocycles. The third-order valence-corrected chi connectivity index (χ3v) is 3.09. The van der Waals surface area contributed by atoms with E-state index in [1.165, 1.54) is 12.1 Å². The van der Waals surface area contributed by atoms with Crippen molar-refractivity contribution in [3.8, 4) is 0 Å². The molecule has 0 atom stereocenters. The molecule has 0 unspecified atom stereocenters. The minimum Gasteiger partial charge on any atom is -0.478 e. The third kappa shape index (κ3) is 2.94. The van der Waals surface area contributed by atoms with Gasteiger partial charge in [0.2, 0.25) is 0 Å². The van der Waals surface area contributed by atoms with Crippen LogP contribution in [0.1, 0.15) is 17.3 Å². The molecule has 2 aromatic carbocycles. The molecule has 0 heterocycles. The Labute approximate surface area is 120 Å². The number of carboxylic acids is 1. The molecule has 3 N–H and O–H groups in total. The molecule has 0 amide bonds. The van der Waals surface area contributed by atoms with Crippen LogP contribution in [0.15, 0.2) is 36.4 Å². The number of benzene rings is 2. The summed E-state index contributed by atoms with van der Waals surface area (Å²) in [7, 11) is 0. The number of carboxylic acid groups (broad SMARTS) is 1. The lowest BCUT2D eigenvalue weighted by Gasteiger charge is -2.25. The zero-order chi connectivity index (χ0) is 15.6. The Morgan fingerprint density at radius 2 is 1.86 bits per heavy atom. The van der Waals surface area contributed by atoms with Crippen molar-refractivity contribution in [2.45, 2.75) is 6.92 Å². The van der Waals surface area contributed by atoms with Crippen molar-refractivity contribution in [2.24, 2.45) is 0 Å². The van der Waals surface area contributed by atoms with Gasteiger partial charge in [-0.2, -0.15) is 0 Å². The molecule has 0 saturated carbocycles. The first-order chi connectivity index (χ1) is 9.93. The first-order valence-electron chi connectivity index (χ1n) is 6.29. The normalized spacial score (nSPS) is 10.4. The molecule has 0 aliphatic rings. The van der Waals surface area contributed by atoms with Crippen LogP contribution in [0.2, 0.25) is 0 Å². The van der Waals surface area contributed by atoms with Crippen molar-refractivity contribution in [3.05, 3.63) is 53.6 Å². The maximum atomic E-state index is 13.8. The molecule has 0 bridgehead atoms. The fraction of sp³-hybridized carbons (Fsp3) is 0.133. The molecule has 4 nitrogen and oxygen atoms in total. The lowest BCUT2D eigenvalue weighted by atomic mass is 10.1. The highest BCUT2D eigenvalue weighted by Gasteiger charge is 2.17. The smallest absolute Gasteiger partial charge is 0.338 e. The lowest BCUT2D eigenvalue weighted by Crippen LogP contribution is -2.18. The van der Waals surface area contributed by atoms with Crippen molar-refractivity contribution in [2.75, 3.05) is 17.2 Å². The van der Waals surface area contributed by atoms with E-state index in [-0.39, 0.29) is 11.5 Å². The molecule has 2 rings (SSSR count). The maximum Gasteiger partial charge on any atom is 0.338 e. The SMILES string of the molecule is CCN(c1ccc(F)cc1)c1cc(F)c(C(=O)O)cc1N. The van der Waals surface area contributed by atoms with Crippen molar-refractivity contribution in [1.29, 1.82) is 0 Å². The van der Waals surface area contributed by atoms with Gasteiger partial charge in [-0.3, -0.25) is 0 Å². The zero-order valence-electron chi connectivity index (χ0n) is 11.3. The number of nitrogens with two attached hydrogens (primary N) is 1. The predicted octanol–water partition coefficient (Wildman–Crippen LogP) is 3.40. The van der Waals surface area contributed by atoms with E-state index in [1.807, 2.05) is 6.92 Å². The highest BCUT2D eigenvalue weighted by atomic mass is 19.1. The van der Waals surface area contributed by atoms with E-state index in [1.54, 1.807) is 17.0 Å². The molecule has 2 aromatic rings. The molecule has 0 spiro atoms.